The molecule has 1 aromatic rings. The largest absolute Gasteiger partial charge is 0.273 e. The summed E-state index contributed by atoms with van der Waals surface area (Å²) >= 11 is 2.07. The average Bonchev–Trinajstić information content (AvgIpc) is 2.07. The first-order chi connectivity index (χ1) is 6.50. The monoisotopic (exact) mass is 304 g/mol. The molecule has 0 aliphatic rings. The molecule has 0 saturated heterocycles. The van der Waals surface area contributed by atoms with Crippen LogP contribution < -0.4 is 0 Å². The summed E-state index contributed by atoms with van der Waals surface area (Å²) in [4.78, 5) is 10.4. The van der Waals surface area contributed by atoms with Crippen molar-refractivity contribution in [3.63, 3.8) is 0 Å². The molecule has 0 spiro atoms. The first kappa shape index (κ1) is 11.4. The molecule has 0 aromatic heterocycles. The van der Waals surface area contributed by atoms with Crippen molar-refractivity contribution in [2.45, 2.75) is 13.3 Å². The van der Waals surface area contributed by atoms with Crippen LogP contribution in [0.4, 0.5) is 5.69 Å². The molecule has 0 aliphatic carbocycles. The number of nitro groups is 1. The number of hydrogen-bond acceptors (Lipinski definition) is 2. The van der Waals surface area contributed by atoms with Crippen molar-refractivity contribution in [1.29, 1.82) is 0 Å². The van der Waals surface area contributed by atoms with E-state index in [2.05, 4.69) is 29.5 Å². The Balaban J connectivity index is 3.08. The van der Waals surface area contributed by atoms with Gasteiger partial charge in [0.15, 0.2) is 0 Å². The molecule has 1 rings (SSSR count). The van der Waals surface area contributed by atoms with Crippen molar-refractivity contribution < 1.29 is 4.92 Å². The van der Waals surface area contributed by atoms with E-state index >= 15 is 0 Å². The Hall–Kier alpha value is -0.650. The molecule has 0 fully saturated rings. The highest BCUT2D eigenvalue weighted by atomic mass is 127. The number of nitrogens with zero attached hydrogens (tertiary/aromatic N) is 1. The lowest BCUT2D eigenvalue weighted by Crippen LogP contribution is -2.00. The van der Waals surface area contributed by atoms with E-state index in [0.29, 0.717) is 6.42 Å². The van der Waals surface area contributed by atoms with E-state index in [1.165, 1.54) is 0 Å². The molecular formula is C10H11INO2. The molecule has 1 aromatic carbocycles. The van der Waals surface area contributed by atoms with Gasteiger partial charge in [0.25, 0.3) is 5.69 Å². The highest BCUT2D eigenvalue weighted by molar-refractivity contribution is 14.1. The fraction of sp³-hybridized carbons (Fsp3) is 0.300. The maximum atomic E-state index is 10.7. The van der Waals surface area contributed by atoms with Gasteiger partial charge in [-0.05, 0) is 41.0 Å². The topological polar surface area (TPSA) is 43.1 Å². The van der Waals surface area contributed by atoms with Crippen LogP contribution in [-0.2, 0) is 6.42 Å². The van der Waals surface area contributed by atoms with Crippen molar-refractivity contribution in [3.8, 4) is 0 Å². The van der Waals surface area contributed by atoms with E-state index in [-0.39, 0.29) is 16.5 Å². The second-order valence-electron chi connectivity index (χ2n) is 3.34. The molecule has 4 heteroatoms. The molecule has 0 bridgehead atoms. The summed E-state index contributed by atoms with van der Waals surface area (Å²) in [5.41, 5.74) is 0.963. The van der Waals surface area contributed by atoms with Gasteiger partial charge in [-0.25, -0.2) is 0 Å². The van der Waals surface area contributed by atoms with Crippen LogP contribution in [0.5, 0.6) is 0 Å². The Bertz CT molecular complexity index is 350. The predicted molar refractivity (Wildman–Crippen MR) is 64.0 cm³/mol. The molecule has 1 radical (unpaired) electrons. The van der Waals surface area contributed by atoms with Gasteiger partial charge in [-0.1, -0.05) is 19.9 Å². The predicted octanol–water partition coefficient (Wildman–Crippen LogP) is 3.21. The SMILES string of the molecule is [CH2][C@@H](C)Cc1ccc(I)cc1[N+](=O)[O-]. The maximum Gasteiger partial charge on any atom is 0.273 e. The van der Waals surface area contributed by atoms with Gasteiger partial charge in [-0.2, -0.15) is 0 Å². The molecule has 3 nitrogen and oxygen atoms in total. The highest BCUT2D eigenvalue weighted by Gasteiger charge is 2.14. The number of benzene rings is 1. The zero-order valence-electron chi connectivity index (χ0n) is 7.87. The van der Waals surface area contributed by atoms with Crippen LogP contribution in [0.25, 0.3) is 0 Å². The van der Waals surface area contributed by atoms with Gasteiger partial charge < -0.3 is 0 Å². The maximum absolute atomic E-state index is 10.7. The molecule has 14 heavy (non-hydrogen) atoms. The fourth-order valence-electron chi connectivity index (χ4n) is 1.25. The quantitative estimate of drug-likeness (QED) is 0.489. The van der Waals surface area contributed by atoms with Crippen molar-refractivity contribution in [2.24, 2.45) is 5.92 Å². The minimum atomic E-state index is -0.333. The van der Waals surface area contributed by atoms with E-state index in [9.17, 15) is 10.1 Å². The van der Waals surface area contributed by atoms with Gasteiger partial charge in [0.05, 0.1) is 4.92 Å². The smallest absolute Gasteiger partial charge is 0.258 e. The number of nitro benzene ring substituents is 1. The summed E-state index contributed by atoms with van der Waals surface area (Å²) in [6.07, 6.45) is 0.646. The first-order valence-corrected chi connectivity index (χ1v) is 5.34. The number of hydrogen-bond donors (Lipinski definition) is 0. The molecule has 1 atom stereocenters. The molecule has 0 aliphatic heterocycles. The van der Waals surface area contributed by atoms with Gasteiger partial charge in [0, 0.05) is 15.2 Å². The third-order valence-electron chi connectivity index (χ3n) is 1.81. The minimum Gasteiger partial charge on any atom is -0.258 e. The van der Waals surface area contributed by atoms with Crippen molar-refractivity contribution >= 4 is 28.3 Å². The zero-order chi connectivity index (χ0) is 10.7. The zero-order valence-corrected chi connectivity index (χ0v) is 10.0. The van der Waals surface area contributed by atoms with E-state index < -0.39 is 0 Å². The summed E-state index contributed by atoms with van der Waals surface area (Å²) in [5, 5.41) is 10.7. The fourth-order valence-corrected chi connectivity index (χ4v) is 1.73. The third-order valence-corrected chi connectivity index (χ3v) is 2.48. The van der Waals surface area contributed by atoms with Gasteiger partial charge in [0.1, 0.15) is 0 Å². The lowest BCUT2D eigenvalue weighted by atomic mass is 10.0. The van der Waals surface area contributed by atoms with Crippen molar-refractivity contribution in [1.82, 2.24) is 0 Å². The summed E-state index contributed by atoms with van der Waals surface area (Å²) in [6.45, 7) is 5.78. The van der Waals surface area contributed by atoms with Gasteiger partial charge in [-0.15, -0.1) is 0 Å². The summed E-state index contributed by atoms with van der Waals surface area (Å²) in [7, 11) is 0. The van der Waals surface area contributed by atoms with Crippen LogP contribution in [0.1, 0.15) is 12.5 Å². The molecule has 0 N–H and O–H groups in total. The minimum absolute atomic E-state index is 0.189. The van der Waals surface area contributed by atoms with E-state index in [1.54, 1.807) is 6.07 Å². The van der Waals surface area contributed by atoms with Crippen LogP contribution in [0, 0.1) is 26.5 Å². The molecule has 0 unspecified atom stereocenters. The van der Waals surface area contributed by atoms with E-state index in [4.69, 9.17) is 0 Å². The lowest BCUT2D eigenvalue weighted by molar-refractivity contribution is -0.385. The number of halogens is 1. The summed E-state index contributed by atoms with van der Waals surface area (Å²) in [6, 6.07) is 5.28. The lowest BCUT2D eigenvalue weighted by Gasteiger charge is -2.05. The molecule has 0 heterocycles. The van der Waals surface area contributed by atoms with Crippen molar-refractivity contribution in [3.05, 3.63) is 44.4 Å². The van der Waals surface area contributed by atoms with Gasteiger partial charge in [-0.3, -0.25) is 10.1 Å². The highest BCUT2D eigenvalue weighted by Crippen LogP contribution is 2.23. The van der Waals surface area contributed by atoms with Crippen LogP contribution >= 0.6 is 22.6 Å². The number of rotatable bonds is 3. The second-order valence-corrected chi connectivity index (χ2v) is 4.59. The van der Waals surface area contributed by atoms with Crippen LogP contribution in [-0.4, -0.2) is 4.92 Å². The Morgan fingerprint density at radius 3 is 2.79 bits per heavy atom. The van der Waals surface area contributed by atoms with Crippen LogP contribution in [0.2, 0.25) is 0 Å². The van der Waals surface area contributed by atoms with Gasteiger partial charge >= 0.3 is 0 Å². The second kappa shape index (κ2) is 4.72. The first-order valence-electron chi connectivity index (χ1n) is 4.26. The molecule has 75 valence electrons. The Labute approximate surface area is 96.8 Å². The van der Waals surface area contributed by atoms with Crippen LogP contribution in [0.15, 0.2) is 18.2 Å². The van der Waals surface area contributed by atoms with Crippen LogP contribution in [0.3, 0.4) is 0 Å². The van der Waals surface area contributed by atoms with Crippen molar-refractivity contribution in [2.75, 3.05) is 0 Å². The normalized spacial score (nSPS) is 10.6. The Kier molecular flexibility index (Phi) is 3.86. The third kappa shape index (κ3) is 2.94. The Morgan fingerprint density at radius 2 is 2.29 bits per heavy atom. The average molecular weight is 304 g/mol. The van der Waals surface area contributed by atoms with E-state index in [0.717, 1.165) is 9.13 Å². The van der Waals surface area contributed by atoms with Gasteiger partial charge in [0.2, 0.25) is 0 Å². The molecule has 0 saturated carbocycles. The van der Waals surface area contributed by atoms with E-state index in [1.807, 2.05) is 19.1 Å². The summed E-state index contributed by atoms with van der Waals surface area (Å²) < 4.78 is 0.884. The molecular weight excluding hydrogens is 293 g/mol. The Morgan fingerprint density at radius 1 is 1.64 bits per heavy atom. The molecule has 0 amide bonds. The summed E-state index contributed by atoms with van der Waals surface area (Å²) in [5.74, 6) is 0.189. The standard InChI is InChI=1S/C10H11INO2/c1-7(2)5-8-3-4-9(11)6-10(8)12(13)14/h3-4,6-7H,1,5H2,2H3/t7-/m0/s1.